The summed E-state index contributed by atoms with van der Waals surface area (Å²) in [6.45, 7) is 10.2. The Kier molecular flexibility index (Phi) is 9.11. The van der Waals surface area contributed by atoms with Crippen LogP contribution in [0, 0.1) is 0 Å². The van der Waals surface area contributed by atoms with Gasteiger partial charge in [-0.2, -0.15) is 0 Å². The van der Waals surface area contributed by atoms with E-state index in [1.54, 1.807) is 0 Å². The summed E-state index contributed by atoms with van der Waals surface area (Å²) < 4.78 is 5.63. The number of hydrogen-bond donors (Lipinski definition) is 2. The second-order valence-corrected chi connectivity index (χ2v) is 6.43. The van der Waals surface area contributed by atoms with Crippen molar-refractivity contribution >= 4 is 18.3 Å². The minimum Gasteiger partial charge on any atom is -0.491 e. The molecule has 2 rings (SSSR count). The van der Waals surface area contributed by atoms with Gasteiger partial charge in [-0.15, -0.1) is 12.4 Å². The first-order valence-electron chi connectivity index (χ1n) is 8.51. The van der Waals surface area contributed by atoms with E-state index in [-0.39, 0.29) is 24.4 Å². The number of nitrogens with zero attached hydrogens (tertiary/aromatic N) is 1. The average Bonchev–Trinajstić information content (AvgIpc) is 2.51. The number of halogens is 1. The molecule has 1 aliphatic rings. The van der Waals surface area contributed by atoms with Gasteiger partial charge in [0.25, 0.3) is 0 Å². The number of hydrogen-bond acceptors (Lipinski definition) is 4. The second kappa shape index (κ2) is 10.5. The van der Waals surface area contributed by atoms with Gasteiger partial charge in [0.1, 0.15) is 5.75 Å². The number of carbonyl (C=O) groups is 1. The minimum absolute atomic E-state index is 0. The van der Waals surface area contributed by atoms with Gasteiger partial charge in [-0.25, -0.2) is 0 Å². The molecular formula is C18H30ClN3O2. The van der Waals surface area contributed by atoms with Crippen molar-refractivity contribution in [2.24, 2.45) is 0 Å². The summed E-state index contributed by atoms with van der Waals surface area (Å²) in [6.07, 6.45) is 1.03. The molecule has 0 aliphatic carbocycles. The van der Waals surface area contributed by atoms with Crippen LogP contribution in [0.3, 0.4) is 0 Å². The number of nitrogens with one attached hydrogen (secondary N) is 2. The van der Waals surface area contributed by atoms with E-state index >= 15 is 0 Å². The molecule has 1 aromatic carbocycles. The van der Waals surface area contributed by atoms with Crippen molar-refractivity contribution in [3.8, 4) is 5.75 Å². The summed E-state index contributed by atoms with van der Waals surface area (Å²) in [7, 11) is 0. The number of piperazine rings is 1. The highest BCUT2D eigenvalue weighted by molar-refractivity contribution is 5.85. The lowest BCUT2D eigenvalue weighted by Crippen LogP contribution is -2.52. The fourth-order valence-corrected chi connectivity index (χ4v) is 2.71. The van der Waals surface area contributed by atoms with E-state index in [0.29, 0.717) is 19.1 Å². The average molecular weight is 356 g/mol. The summed E-state index contributed by atoms with van der Waals surface area (Å²) in [6, 6.07) is 8.51. The van der Waals surface area contributed by atoms with Crippen LogP contribution in [0.5, 0.6) is 5.75 Å². The lowest BCUT2D eigenvalue weighted by molar-refractivity contribution is -0.122. The van der Waals surface area contributed by atoms with Gasteiger partial charge in [0.15, 0.2) is 0 Å². The molecule has 6 heteroatoms. The Labute approximate surface area is 151 Å². The predicted molar refractivity (Wildman–Crippen MR) is 100 cm³/mol. The highest BCUT2D eigenvalue weighted by atomic mass is 35.5. The fraction of sp³-hybridized carbons (Fsp3) is 0.611. The van der Waals surface area contributed by atoms with Crippen LogP contribution in [-0.2, 0) is 11.2 Å². The van der Waals surface area contributed by atoms with E-state index in [1.807, 2.05) is 26.0 Å². The molecule has 1 fully saturated rings. The summed E-state index contributed by atoms with van der Waals surface area (Å²) in [4.78, 5) is 14.3. The highest BCUT2D eigenvalue weighted by Gasteiger charge is 2.19. The SMILES string of the molecule is CC(C)Oc1ccc(CCNC(=O)CN2CCNC[C@@H]2C)cc1.Cl. The van der Waals surface area contributed by atoms with Gasteiger partial charge in [-0.1, -0.05) is 12.1 Å². The summed E-state index contributed by atoms with van der Waals surface area (Å²) in [5.74, 6) is 0.999. The van der Waals surface area contributed by atoms with Crippen molar-refractivity contribution in [3.63, 3.8) is 0 Å². The third-order valence-corrected chi connectivity index (χ3v) is 4.02. The zero-order chi connectivity index (χ0) is 16.7. The van der Waals surface area contributed by atoms with Crippen LogP contribution < -0.4 is 15.4 Å². The molecule has 1 heterocycles. The van der Waals surface area contributed by atoms with Crippen LogP contribution in [0.4, 0.5) is 0 Å². The number of rotatable bonds is 7. The Hall–Kier alpha value is -1.30. The Bertz CT molecular complexity index is 494. The fourth-order valence-electron chi connectivity index (χ4n) is 2.71. The molecule has 2 N–H and O–H groups in total. The highest BCUT2D eigenvalue weighted by Crippen LogP contribution is 2.13. The molecule has 1 aliphatic heterocycles. The quantitative estimate of drug-likeness (QED) is 0.783. The lowest BCUT2D eigenvalue weighted by atomic mass is 10.1. The van der Waals surface area contributed by atoms with Crippen LogP contribution in [0.2, 0.25) is 0 Å². The Balaban J connectivity index is 0.00000288. The first-order chi connectivity index (χ1) is 11.0. The van der Waals surface area contributed by atoms with Crippen molar-refractivity contribution in [1.82, 2.24) is 15.5 Å². The van der Waals surface area contributed by atoms with Crippen LogP contribution in [-0.4, -0.2) is 55.7 Å². The maximum absolute atomic E-state index is 12.0. The molecule has 0 radical (unpaired) electrons. The molecule has 0 saturated carbocycles. The topological polar surface area (TPSA) is 53.6 Å². The van der Waals surface area contributed by atoms with Gasteiger partial charge in [0, 0.05) is 32.2 Å². The molecule has 1 aromatic rings. The van der Waals surface area contributed by atoms with Gasteiger partial charge in [0.2, 0.25) is 5.91 Å². The van der Waals surface area contributed by atoms with Crippen LogP contribution in [0.25, 0.3) is 0 Å². The Morgan fingerprint density at radius 2 is 2.08 bits per heavy atom. The molecule has 1 amide bonds. The molecule has 1 atom stereocenters. The normalized spacial score (nSPS) is 18.1. The van der Waals surface area contributed by atoms with E-state index in [4.69, 9.17) is 4.74 Å². The zero-order valence-electron chi connectivity index (χ0n) is 14.9. The summed E-state index contributed by atoms with van der Waals surface area (Å²) in [5.41, 5.74) is 1.21. The molecule has 1 saturated heterocycles. The number of ether oxygens (including phenoxy) is 1. The molecule has 24 heavy (non-hydrogen) atoms. The smallest absolute Gasteiger partial charge is 0.234 e. The van der Waals surface area contributed by atoms with E-state index in [9.17, 15) is 4.79 Å². The largest absolute Gasteiger partial charge is 0.491 e. The van der Waals surface area contributed by atoms with Crippen LogP contribution >= 0.6 is 12.4 Å². The van der Waals surface area contributed by atoms with Crippen molar-refractivity contribution in [3.05, 3.63) is 29.8 Å². The van der Waals surface area contributed by atoms with Gasteiger partial charge in [-0.05, 0) is 44.9 Å². The van der Waals surface area contributed by atoms with E-state index in [2.05, 4.69) is 34.6 Å². The predicted octanol–water partition coefficient (Wildman–Crippen LogP) is 1.85. The van der Waals surface area contributed by atoms with Gasteiger partial charge in [-0.3, -0.25) is 9.69 Å². The number of carbonyl (C=O) groups excluding carboxylic acids is 1. The number of amides is 1. The van der Waals surface area contributed by atoms with Crippen LogP contribution in [0.1, 0.15) is 26.3 Å². The first kappa shape index (κ1) is 20.7. The summed E-state index contributed by atoms with van der Waals surface area (Å²) in [5, 5.41) is 6.35. The first-order valence-corrected chi connectivity index (χ1v) is 8.51. The Morgan fingerprint density at radius 3 is 2.71 bits per heavy atom. The second-order valence-electron chi connectivity index (χ2n) is 6.43. The molecule has 5 nitrogen and oxygen atoms in total. The third kappa shape index (κ3) is 7.07. The zero-order valence-corrected chi connectivity index (χ0v) is 15.7. The van der Waals surface area contributed by atoms with Crippen molar-refractivity contribution in [1.29, 1.82) is 0 Å². The maximum Gasteiger partial charge on any atom is 0.234 e. The Morgan fingerprint density at radius 1 is 1.38 bits per heavy atom. The minimum atomic E-state index is 0. The molecule has 0 spiro atoms. The van der Waals surface area contributed by atoms with Crippen molar-refractivity contribution < 1.29 is 9.53 Å². The van der Waals surface area contributed by atoms with Gasteiger partial charge >= 0.3 is 0 Å². The van der Waals surface area contributed by atoms with Gasteiger partial charge < -0.3 is 15.4 Å². The molecule has 0 bridgehead atoms. The van der Waals surface area contributed by atoms with Crippen molar-refractivity contribution in [2.75, 3.05) is 32.7 Å². The van der Waals surface area contributed by atoms with Crippen LogP contribution in [0.15, 0.2) is 24.3 Å². The summed E-state index contributed by atoms with van der Waals surface area (Å²) >= 11 is 0. The molecular weight excluding hydrogens is 326 g/mol. The lowest BCUT2D eigenvalue weighted by Gasteiger charge is -2.33. The molecule has 0 unspecified atom stereocenters. The number of benzene rings is 1. The molecule has 0 aromatic heterocycles. The van der Waals surface area contributed by atoms with Gasteiger partial charge in [0.05, 0.1) is 12.6 Å². The third-order valence-electron chi connectivity index (χ3n) is 4.02. The van der Waals surface area contributed by atoms with E-state index < -0.39 is 0 Å². The van der Waals surface area contributed by atoms with Crippen molar-refractivity contribution in [2.45, 2.75) is 39.3 Å². The standard InChI is InChI=1S/C18H29N3O2.ClH/c1-14(2)23-17-6-4-16(5-7-17)8-9-20-18(22)13-21-11-10-19-12-15(21)3;/h4-7,14-15,19H,8-13H2,1-3H3,(H,20,22);1H/t15-;/m0./s1. The van der Waals surface area contributed by atoms with E-state index in [1.165, 1.54) is 5.56 Å². The monoisotopic (exact) mass is 355 g/mol. The molecule has 136 valence electrons. The maximum atomic E-state index is 12.0. The van der Waals surface area contributed by atoms with E-state index in [0.717, 1.165) is 31.8 Å².